The van der Waals surface area contributed by atoms with Crippen LogP contribution >= 0.6 is 0 Å². The second-order valence-electron chi connectivity index (χ2n) is 8.37. The molecule has 0 spiro atoms. The maximum Gasteiger partial charge on any atom is 0.304 e. The Labute approximate surface area is 173 Å². The number of carbonyl (C=O) groups is 1. The van der Waals surface area contributed by atoms with E-state index >= 15 is 0 Å². The lowest BCUT2D eigenvalue weighted by molar-refractivity contribution is -0.675. The van der Waals surface area contributed by atoms with Crippen molar-refractivity contribution in [1.29, 1.82) is 0 Å². The fourth-order valence-corrected chi connectivity index (χ4v) is 3.97. The van der Waals surface area contributed by atoms with Gasteiger partial charge in [-0.1, -0.05) is 103 Å². The summed E-state index contributed by atoms with van der Waals surface area (Å²) in [6, 6.07) is 0. The van der Waals surface area contributed by atoms with E-state index in [0.29, 0.717) is 0 Å². The molecule has 0 aliphatic heterocycles. The van der Waals surface area contributed by atoms with Gasteiger partial charge in [-0.15, -0.1) is 0 Å². The Kier molecular flexibility index (Phi) is 14.7. The molecule has 0 N–H and O–H groups in total. The third kappa shape index (κ3) is 11.5. The summed E-state index contributed by atoms with van der Waals surface area (Å²) in [5.41, 5.74) is 0. The van der Waals surface area contributed by atoms with Crippen LogP contribution < -0.4 is 9.67 Å². The lowest BCUT2D eigenvalue weighted by atomic mass is 10.0. The van der Waals surface area contributed by atoms with E-state index in [-0.39, 0.29) is 5.82 Å². The normalized spacial score (nSPS) is 11.2. The van der Waals surface area contributed by atoms with E-state index < -0.39 is 5.97 Å². The van der Waals surface area contributed by atoms with Crippen LogP contribution in [0, 0.1) is 0 Å². The Hall–Kier alpha value is -1.32. The minimum absolute atomic E-state index is 0.261. The molecule has 1 rings (SSSR count). The third-order valence-electron chi connectivity index (χ3n) is 5.76. The van der Waals surface area contributed by atoms with Crippen molar-refractivity contribution in [3.05, 3.63) is 18.2 Å². The Morgan fingerprint density at radius 3 is 1.57 bits per heavy atom. The van der Waals surface area contributed by atoms with E-state index in [9.17, 15) is 9.90 Å². The summed E-state index contributed by atoms with van der Waals surface area (Å²) in [4.78, 5) is 11.1. The molecule has 0 aliphatic rings. The Balaban J connectivity index is 1.83. The topological polar surface area (TPSA) is 48.9 Å². The first kappa shape index (κ1) is 24.7. The van der Waals surface area contributed by atoms with Crippen molar-refractivity contribution in [2.75, 3.05) is 0 Å². The summed E-state index contributed by atoms with van der Waals surface area (Å²) in [5.74, 6) is -0.837. The molecule has 0 unspecified atom stereocenters. The maximum atomic E-state index is 11.1. The van der Waals surface area contributed by atoms with Gasteiger partial charge in [-0.2, -0.15) is 0 Å². The minimum Gasteiger partial charge on any atom is -0.538 e. The number of nitrogens with zero attached hydrogens (tertiary/aromatic N) is 2. The predicted molar refractivity (Wildman–Crippen MR) is 114 cm³/mol. The average Bonchev–Trinajstić information content (AvgIpc) is 3.05. The zero-order chi connectivity index (χ0) is 20.5. The molecule has 0 bridgehead atoms. The molecule has 0 saturated heterocycles. The second kappa shape index (κ2) is 16.6. The van der Waals surface area contributed by atoms with Gasteiger partial charge in [-0.3, -0.25) is 0 Å². The van der Waals surface area contributed by atoms with Crippen molar-refractivity contribution in [3.63, 3.8) is 0 Å². The highest BCUT2D eigenvalue weighted by Gasteiger charge is 2.14. The van der Waals surface area contributed by atoms with E-state index in [1.165, 1.54) is 103 Å². The summed E-state index contributed by atoms with van der Waals surface area (Å²) < 4.78 is 3.41. The highest BCUT2D eigenvalue weighted by molar-refractivity contribution is 5.79. The molecular formula is C24H44N2O2. The zero-order valence-corrected chi connectivity index (χ0v) is 18.6. The van der Waals surface area contributed by atoms with Gasteiger partial charge in [-0.25, -0.2) is 9.13 Å². The number of carbonyl (C=O) groups excluding carboxylic acids is 1. The van der Waals surface area contributed by atoms with E-state index in [4.69, 9.17) is 0 Å². The lowest BCUT2D eigenvalue weighted by Gasteiger charge is -2.04. The van der Waals surface area contributed by atoms with Gasteiger partial charge in [0.2, 0.25) is 0 Å². The summed E-state index contributed by atoms with van der Waals surface area (Å²) in [5, 5.41) is 11.1. The first-order valence-corrected chi connectivity index (χ1v) is 11.9. The van der Waals surface area contributed by atoms with Crippen molar-refractivity contribution < 1.29 is 14.5 Å². The number of aromatic carboxylic acids is 1. The number of hydrogen-bond donors (Lipinski definition) is 0. The van der Waals surface area contributed by atoms with Gasteiger partial charge < -0.3 is 9.90 Å². The van der Waals surface area contributed by atoms with E-state index in [2.05, 4.69) is 6.92 Å². The van der Waals surface area contributed by atoms with Crippen LogP contribution in [-0.4, -0.2) is 10.5 Å². The van der Waals surface area contributed by atoms with Gasteiger partial charge in [-0.05, 0) is 12.8 Å². The fraction of sp³-hybridized carbons (Fsp3) is 0.833. The number of aromatic nitrogens is 2. The quantitative estimate of drug-likeness (QED) is 0.236. The lowest BCUT2D eigenvalue weighted by Crippen LogP contribution is -2.41. The van der Waals surface area contributed by atoms with Gasteiger partial charge in [0.25, 0.3) is 0 Å². The van der Waals surface area contributed by atoms with Gasteiger partial charge >= 0.3 is 5.82 Å². The molecule has 1 aromatic heterocycles. The van der Waals surface area contributed by atoms with Gasteiger partial charge in [0.1, 0.15) is 12.4 Å². The van der Waals surface area contributed by atoms with Crippen LogP contribution in [0.2, 0.25) is 0 Å². The van der Waals surface area contributed by atoms with Crippen molar-refractivity contribution in [3.8, 4) is 0 Å². The van der Waals surface area contributed by atoms with Crippen LogP contribution in [0.3, 0.4) is 0 Å². The molecule has 4 heteroatoms. The Bertz CT molecular complexity index is 511. The standard InChI is InChI=1S/C24H44N2O2/c1-3-4-5-6-7-8-9-10-11-12-13-14-15-16-17-18-19-20-26-22-21-25(2)23(26)24(27)28/h21-22H,3-20H2,1-2H3. The van der Waals surface area contributed by atoms with E-state index in [1.54, 1.807) is 22.4 Å². The zero-order valence-electron chi connectivity index (χ0n) is 18.6. The van der Waals surface area contributed by atoms with Gasteiger partial charge in [0.15, 0.2) is 5.97 Å². The SMILES string of the molecule is CCCCCCCCCCCCCCCCCCCn1cc[n+](C)c1C(=O)[O-]. The van der Waals surface area contributed by atoms with E-state index in [0.717, 1.165) is 13.0 Å². The summed E-state index contributed by atoms with van der Waals surface area (Å²) in [7, 11) is 1.75. The molecule has 0 saturated carbocycles. The number of imidazole rings is 1. The van der Waals surface area contributed by atoms with Crippen molar-refractivity contribution >= 4 is 5.97 Å². The number of unbranched alkanes of at least 4 members (excludes halogenated alkanes) is 16. The molecular weight excluding hydrogens is 348 g/mol. The summed E-state index contributed by atoms with van der Waals surface area (Å²) in [6.07, 6.45) is 26.7. The van der Waals surface area contributed by atoms with Crippen LogP contribution in [0.15, 0.2) is 12.4 Å². The molecule has 162 valence electrons. The summed E-state index contributed by atoms with van der Waals surface area (Å²) >= 11 is 0. The van der Waals surface area contributed by atoms with Crippen molar-refractivity contribution in [1.82, 2.24) is 4.57 Å². The molecule has 1 heterocycles. The van der Waals surface area contributed by atoms with Gasteiger partial charge in [0.05, 0.1) is 13.6 Å². The molecule has 0 radical (unpaired) electrons. The molecule has 1 aromatic rings. The smallest absolute Gasteiger partial charge is 0.304 e. The number of aryl methyl sites for hydroxylation is 2. The Morgan fingerprint density at radius 1 is 0.786 bits per heavy atom. The predicted octanol–water partition coefficient (Wildman–Crippen LogP) is 5.33. The average molecular weight is 393 g/mol. The number of hydrogen-bond acceptors (Lipinski definition) is 2. The molecule has 0 atom stereocenters. The summed E-state index contributed by atoms with van der Waals surface area (Å²) in [6.45, 7) is 3.05. The second-order valence-corrected chi connectivity index (χ2v) is 8.37. The largest absolute Gasteiger partial charge is 0.538 e. The molecule has 28 heavy (non-hydrogen) atoms. The molecule has 0 fully saturated rings. The number of carboxylic acids is 1. The number of carboxylic acid groups (broad SMARTS) is 1. The van der Waals surface area contributed by atoms with E-state index in [1.807, 2.05) is 6.20 Å². The van der Waals surface area contributed by atoms with Crippen LogP contribution in [0.1, 0.15) is 127 Å². The minimum atomic E-state index is -1.10. The molecule has 0 aromatic carbocycles. The first-order chi connectivity index (χ1) is 13.7. The van der Waals surface area contributed by atoms with Crippen LogP contribution in [0.25, 0.3) is 0 Å². The molecule has 4 nitrogen and oxygen atoms in total. The van der Waals surface area contributed by atoms with Crippen molar-refractivity contribution in [2.45, 2.75) is 123 Å². The maximum absolute atomic E-state index is 11.1. The fourth-order valence-electron chi connectivity index (χ4n) is 3.97. The number of rotatable bonds is 19. The monoisotopic (exact) mass is 392 g/mol. The van der Waals surface area contributed by atoms with Crippen LogP contribution in [0.5, 0.6) is 0 Å². The van der Waals surface area contributed by atoms with Crippen LogP contribution in [-0.2, 0) is 13.6 Å². The highest BCUT2D eigenvalue weighted by atomic mass is 16.4. The highest BCUT2D eigenvalue weighted by Crippen LogP contribution is 2.14. The third-order valence-corrected chi connectivity index (χ3v) is 5.76. The molecule has 0 amide bonds. The first-order valence-electron chi connectivity index (χ1n) is 11.9. The van der Waals surface area contributed by atoms with Crippen molar-refractivity contribution in [2.24, 2.45) is 7.05 Å². The molecule has 0 aliphatic carbocycles. The van der Waals surface area contributed by atoms with Gasteiger partial charge in [0, 0.05) is 0 Å². The van der Waals surface area contributed by atoms with Crippen LogP contribution in [0.4, 0.5) is 0 Å². The Morgan fingerprint density at radius 2 is 1.18 bits per heavy atom.